The van der Waals surface area contributed by atoms with Crippen molar-refractivity contribution in [2.24, 2.45) is 10.9 Å². The molecule has 0 unspecified atom stereocenters. The topological polar surface area (TPSA) is 129 Å². The minimum Gasteiger partial charge on any atom is -0.330 e. The van der Waals surface area contributed by atoms with Crippen LogP contribution in [0.25, 0.3) is 0 Å². The molecule has 7 nitrogen and oxygen atoms in total. The Balaban J connectivity index is 3.51. The molecule has 1 aromatic carbocycles. The summed E-state index contributed by atoms with van der Waals surface area (Å²) in [7, 11) is -4.10. The number of primary sulfonamides is 1. The molecule has 0 bridgehead atoms. The summed E-state index contributed by atoms with van der Waals surface area (Å²) in [5, 5.41) is 15.7. The maximum Gasteiger partial charge on any atom is 0.292 e. The lowest BCUT2D eigenvalue weighted by atomic mass is 10.1. The predicted octanol–water partition coefficient (Wildman–Crippen LogP) is -0.257. The summed E-state index contributed by atoms with van der Waals surface area (Å²) in [6.45, 7) is 0.189. The van der Waals surface area contributed by atoms with Gasteiger partial charge >= 0.3 is 0 Å². The molecule has 4 N–H and O–H groups in total. The van der Waals surface area contributed by atoms with Crippen LogP contribution in [0.2, 0.25) is 0 Å². The van der Waals surface area contributed by atoms with Crippen LogP contribution in [0.1, 0.15) is 5.56 Å². The number of sulfonamides is 1. The normalized spacial score (nSPS) is 11.4. The first-order valence-electron chi connectivity index (χ1n) is 4.37. The second-order valence-electron chi connectivity index (χ2n) is 3.10. The lowest BCUT2D eigenvalue weighted by molar-refractivity contribution is -0.388. The van der Waals surface area contributed by atoms with E-state index in [1.165, 1.54) is 12.1 Å². The molecular weight excluding hydrogens is 234 g/mol. The zero-order valence-electron chi connectivity index (χ0n) is 8.29. The van der Waals surface area contributed by atoms with E-state index in [1.807, 2.05) is 0 Å². The van der Waals surface area contributed by atoms with Crippen molar-refractivity contribution in [2.75, 3.05) is 6.54 Å². The van der Waals surface area contributed by atoms with Gasteiger partial charge in [-0.2, -0.15) is 0 Å². The Morgan fingerprint density at radius 1 is 1.38 bits per heavy atom. The van der Waals surface area contributed by atoms with Gasteiger partial charge in [-0.3, -0.25) is 10.1 Å². The molecule has 0 radical (unpaired) electrons. The van der Waals surface area contributed by atoms with Crippen LogP contribution in [0.15, 0.2) is 23.1 Å². The van der Waals surface area contributed by atoms with E-state index >= 15 is 0 Å². The summed E-state index contributed by atoms with van der Waals surface area (Å²) < 4.78 is 22.3. The number of para-hydroxylation sites is 1. The van der Waals surface area contributed by atoms with Crippen LogP contribution in [-0.2, 0) is 16.4 Å². The standard InChI is InChI=1S/C8H11N3O4S/c9-5-4-6-2-1-3-7(16(10,14)15)8(6)11(12)13/h1-3H,4-5,9H2,(H2,10,14,15). The van der Waals surface area contributed by atoms with Crippen molar-refractivity contribution in [3.05, 3.63) is 33.9 Å². The van der Waals surface area contributed by atoms with E-state index in [4.69, 9.17) is 10.9 Å². The van der Waals surface area contributed by atoms with Crippen LogP contribution >= 0.6 is 0 Å². The Hall–Kier alpha value is -1.51. The van der Waals surface area contributed by atoms with Crippen molar-refractivity contribution in [1.29, 1.82) is 0 Å². The number of nitro groups is 1. The summed E-state index contributed by atoms with van der Waals surface area (Å²) in [6.07, 6.45) is 0.222. The first kappa shape index (κ1) is 12.6. The number of nitro benzene ring substituents is 1. The second kappa shape index (κ2) is 4.56. The Bertz CT molecular complexity index is 512. The van der Waals surface area contributed by atoms with Crippen LogP contribution in [0, 0.1) is 10.1 Å². The van der Waals surface area contributed by atoms with Crippen molar-refractivity contribution in [3.8, 4) is 0 Å². The van der Waals surface area contributed by atoms with Gasteiger partial charge in [-0.15, -0.1) is 0 Å². The highest BCUT2D eigenvalue weighted by atomic mass is 32.2. The lowest BCUT2D eigenvalue weighted by Crippen LogP contribution is -2.16. The van der Waals surface area contributed by atoms with Gasteiger partial charge in [0.05, 0.1) is 4.92 Å². The molecule has 1 rings (SSSR count). The van der Waals surface area contributed by atoms with Gasteiger partial charge < -0.3 is 5.73 Å². The van der Waals surface area contributed by atoms with Crippen LogP contribution in [0.3, 0.4) is 0 Å². The summed E-state index contributed by atoms with van der Waals surface area (Å²) in [5.41, 5.74) is 5.06. The number of hydrogen-bond donors (Lipinski definition) is 2. The van der Waals surface area contributed by atoms with Crippen LogP contribution in [0.4, 0.5) is 5.69 Å². The molecule has 0 amide bonds. The van der Waals surface area contributed by atoms with E-state index < -0.39 is 25.5 Å². The SMILES string of the molecule is NCCc1cccc(S(N)(=O)=O)c1[N+](=O)[O-]. The van der Waals surface area contributed by atoms with Gasteiger partial charge in [0.25, 0.3) is 5.69 Å². The molecule has 0 heterocycles. The molecule has 0 fully saturated rings. The summed E-state index contributed by atoms with van der Waals surface area (Å²) in [5.74, 6) is 0. The fourth-order valence-corrected chi connectivity index (χ4v) is 2.11. The third-order valence-electron chi connectivity index (χ3n) is 1.99. The molecule has 1 aromatic rings. The first-order chi connectivity index (χ1) is 7.38. The molecular formula is C8H11N3O4S. The minimum absolute atomic E-state index is 0.189. The average Bonchev–Trinajstić information content (AvgIpc) is 2.16. The van der Waals surface area contributed by atoms with Crippen molar-refractivity contribution in [2.45, 2.75) is 11.3 Å². The molecule has 0 aliphatic rings. The van der Waals surface area contributed by atoms with Crippen LogP contribution in [-0.4, -0.2) is 19.9 Å². The zero-order valence-corrected chi connectivity index (χ0v) is 9.11. The van der Waals surface area contributed by atoms with Gasteiger partial charge in [0.2, 0.25) is 10.0 Å². The number of rotatable bonds is 4. The van der Waals surface area contributed by atoms with E-state index in [0.29, 0.717) is 0 Å². The van der Waals surface area contributed by atoms with E-state index in [1.54, 1.807) is 0 Å². The molecule has 0 atom stereocenters. The molecule has 0 saturated heterocycles. The molecule has 0 aliphatic heterocycles. The smallest absolute Gasteiger partial charge is 0.292 e. The maximum atomic E-state index is 11.2. The van der Waals surface area contributed by atoms with Crippen LogP contribution < -0.4 is 10.9 Å². The van der Waals surface area contributed by atoms with E-state index in [2.05, 4.69) is 0 Å². The van der Waals surface area contributed by atoms with E-state index in [0.717, 1.165) is 6.07 Å². The predicted molar refractivity (Wildman–Crippen MR) is 57.2 cm³/mol. The highest BCUT2D eigenvalue weighted by Gasteiger charge is 2.25. The first-order valence-corrected chi connectivity index (χ1v) is 5.91. The maximum absolute atomic E-state index is 11.2. The third kappa shape index (κ3) is 2.54. The van der Waals surface area contributed by atoms with Crippen molar-refractivity contribution >= 4 is 15.7 Å². The van der Waals surface area contributed by atoms with Gasteiger partial charge in [-0.05, 0) is 19.0 Å². The molecule has 0 spiro atoms. The van der Waals surface area contributed by atoms with Gasteiger partial charge in [-0.1, -0.05) is 12.1 Å². The van der Waals surface area contributed by atoms with Crippen molar-refractivity contribution in [1.82, 2.24) is 0 Å². The number of hydrogen-bond acceptors (Lipinski definition) is 5. The monoisotopic (exact) mass is 245 g/mol. The number of nitrogens with zero attached hydrogens (tertiary/aromatic N) is 1. The van der Waals surface area contributed by atoms with Crippen LogP contribution in [0.5, 0.6) is 0 Å². The highest BCUT2D eigenvalue weighted by molar-refractivity contribution is 7.89. The van der Waals surface area contributed by atoms with Gasteiger partial charge in [-0.25, -0.2) is 13.6 Å². The van der Waals surface area contributed by atoms with Crippen molar-refractivity contribution < 1.29 is 13.3 Å². The highest BCUT2D eigenvalue weighted by Crippen LogP contribution is 2.27. The zero-order chi connectivity index (χ0) is 12.3. The molecule has 0 aliphatic carbocycles. The van der Waals surface area contributed by atoms with Gasteiger partial charge in [0.15, 0.2) is 4.90 Å². The Morgan fingerprint density at radius 3 is 2.44 bits per heavy atom. The Morgan fingerprint density at radius 2 is 2.00 bits per heavy atom. The summed E-state index contributed by atoms with van der Waals surface area (Å²) >= 11 is 0. The second-order valence-corrected chi connectivity index (χ2v) is 4.63. The average molecular weight is 245 g/mol. The Kier molecular flexibility index (Phi) is 3.58. The molecule has 0 saturated carbocycles. The minimum atomic E-state index is -4.10. The van der Waals surface area contributed by atoms with Gasteiger partial charge in [0.1, 0.15) is 0 Å². The van der Waals surface area contributed by atoms with Gasteiger partial charge in [0, 0.05) is 5.56 Å². The lowest BCUT2D eigenvalue weighted by Gasteiger charge is -2.05. The molecule has 8 heteroatoms. The summed E-state index contributed by atoms with van der Waals surface area (Å²) in [6, 6.07) is 3.96. The third-order valence-corrected chi connectivity index (χ3v) is 2.93. The quantitative estimate of drug-likeness (QED) is 0.557. The number of nitrogens with two attached hydrogens (primary N) is 2. The fourth-order valence-electron chi connectivity index (χ4n) is 1.36. The molecule has 16 heavy (non-hydrogen) atoms. The number of benzene rings is 1. The van der Waals surface area contributed by atoms with E-state index in [9.17, 15) is 18.5 Å². The summed E-state index contributed by atoms with van der Waals surface area (Å²) in [4.78, 5) is 9.57. The molecule has 88 valence electrons. The molecule has 0 aromatic heterocycles. The van der Waals surface area contributed by atoms with Crippen molar-refractivity contribution in [3.63, 3.8) is 0 Å². The fraction of sp³-hybridized carbons (Fsp3) is 0.250. The van der Waals surface area contributed by atoms with E-state index in [-0.39, 0.29) is 18.5 Å². The largest absolute Gasteiger partial charge is 0.330 e. The Labute approximate surface area is 92.3 Å².